The molecular formula is C74H131N15O18. The fourth-order valence-electron chi connectivity index (χ4n) is 12.6. The van der Waals surface area contributed by atoms with E-state index in [1.807, 2.05) is 55.4 Å². The number of nitrogens with one attached hydrogen (secondary N) is 13. The van der Waals surface area contributed by atoms with Crippen LogP contribution in [-0.4, -0.2) is 178 Å². The van der Waals surface area contributed by atoms with Crippen LogP contribution >= 0.6 is 0 Å². The quantitative estimate of drug-likeness (QED) is 0.0274. The fraction of sp³-hybridized carbons (Fsp3) is 0.770. The summed E-state index contributed by atoms with van der Waals surface area (Å²) in [6.07, 6.45) is 0.276. The summed E-state index contributed by atoms with van der Waals surface area (Å²) in [6.45, 7) is 41.1. The van der Waals surface area contributed by atoms with Crippen molar-refractivity contribution >= 4 is 66.6 Å². The fourth-order valence-corrected chi connectivity index (χ4v) is 12.6. The van der Waals surface area contributed by atoms with Crippen molar-refractivity contribution in [2.45, 2.75) is 227 Å². The van der Waals surface area contributed by atoms with Gasteiger partial charge < -0.3 is 81.0 Å². The van der Waals surface area contributed by atoms with Gasteiger partial charge in [-0.2, -0.15) is 0 Å². The summed E-state index contributed by atoms with van der Waals surface area (Å²) >= 11 is 0. The van der Waals surface area contributed by atoms with Crippen molar-refractivity contribution in [2.75, 3.05) is 96.0 Å². The molecule has 0 aliphatic rings. The molecular weight excluding hydrogens is 1390 g/mol. The van der Waals surface area contributed by atoms with Gasteiger partial charge in [-0.3, -0.25) is 30.2 Å². The second-order valence-corrected chi connectivity index (χ2v) is 32.9. The van der Waals surface area contributed by atoms with Gasteiger partial charge in [-0.15, -0.1) is 0 Å². The number of aryl methyl sites for hydroxylation is 2. The number of carbonyl (C=O) groups excluding carboxylic acids is 9. The van der Waals surface area contributed by atoms with Crippen LogP contribution in [0, 0.1) is 70.5 Å². The number of nitrogens with zero attached hydrogens (tertiary/aromatic N) is 2. The number of amides is 11. The minimum Gasteiger partial charge on any atom is -0.446 e. The Balaban J connectivity index is 1.74. The maximum absolute atomic E-state index is 13.1. The number of carbonyl (C=O) groups is 9. The molecule has 33 heteroatoms. The van der Waals surface area contributed by atoms with E-state index >= 15 is 0 Å². The molecule has 107 heavy (non-hydrogen) atoms. The van der Waals surface area contributed by atoms with Crippen LogP contribution in [0.2, 0.25) is 0 Å². The summed E-state index contributed by atoms with van der Waals surface area (Å²) in [5.74, 6) is 0.824. The number of rotatable bonds is 47. The Morgan fingerprint density at radius 3 is 0.925 bits per heavy atom. The highest BCUT2D eigenvalue weighted by Gasteiger charge is 2.29. The Morgan fingerprint density at radius 1 is 0.374 bits per heavy atom. The number of H-pyrrole nitrogens is 2. The summed E-state index contributed by atoms with van der Waals surface area (Å²) in [5.41, 5.74) is -0.804. The van der Waals surface area contributed by atoms with Crippen LogP contribution in [0.5, 0.6) is 0 Å². The molecule has 2 aromatic heterocycles. The van der Waals surface area contributed by atoms with Crippen molar-refractivity contribution in [3.05, 3.63) is 44.2 Å². The Labute approximate surface area is 632 Å². The van der Waals surface area contributed by atoms with Gasteiger partial charge in [0, 0.05) is 82.4 Å². The van der Waals surface area contributed by atoms with Gasteiger partial charge in [0.2, 0.25) is 11.9 Å². The molecule has 2 rings (SSSR count). The molecule has 0 bridgehead atoms. The first-order valence-electron chi connectivity index (χ1n) is 37.5. The largest absolute Gasteiger partial charge is 0.446 e. The summed E-state index contributed by atoms with van der Waals surface area (Å²) < 4.78 is 38.0. The Hall–Kier alpha value is -8.81. The third-order valence-electron chi connectivity index (χ3n) is 17.8. The minimum atomic E-state index is -1.15. The Kier molecular flexibility index (Phi) is 41.5. The van der Waals surface area contributed by atoms with Crippen molar-refractivity contribution < 1.29 is 76.3 Å². The summed E-state index contributed by atoms with van der Waals surface area (Å²) in [7, 11) is 0. The molecule has 0 spiro atoms. The number of ether oxygens (including phenoxy) is 7. The molecule has 2 aromatic rings. The van der Waals surface area contributed by atoms with Crippen LogP contribution in [-0.2, 0) is 33.2 Å². The van der Waals surface area contributed by atoms with Gasteiger partial charge in [0.15, 0.2) is 6.10 Å². The highest BCUT2D eigenvalue weighted by Crippen LogP contribution is 2.33. The van der Waals surface area contributed by atoms with E-state index in [9.17, 15) is 52.7 Å². The molecule has 0 aliphatic heterocycles. The molecule has 0 saturated carbocycles. The molecule has 0 fully saturated rings. The lowest BCUT2D eigenvalue weighted by atomic mass is 9.80. The van der Waals surface area contributed by atoms with Crippen molar-refractivity contribution in [3.8, 4) is 0 Å². The maximum atomic E-state index is 13.1. The predicted octanol–water partition coefficient (Wildman–Crippen LogP) is 11.3. The number of aromatic nitrogens is 4. The number of anilines is 2. The standard InChI is InChI=1S/C74H131N15O18/c1-21-47(2)34-70(11,12)26-31-79-67(98)107-56(45-103-65(96)77-29-24-73(17,18)37-50(5)41-82-68(99)105-54(9)43-101-63(94)75-27-22-71(13,14)35-48(3)39-80-61(92)88-59-84-52(7)32-57(90)86-59)46-104-66(97)78-30-25-74(19,20)38-51(6)42-83-69(100)106-55(10)44-102-64(95)76-28-23-72(15,16)36-49(4)40-81-62(93)89-60-85-53(8)33-58(91)87-60/h32-33,47-51,54-56H,21-31,34-46H2,1-20H3,(H,75,94)(H,76,95)(H,77,96)(H,78,97)(H,79,98)(H,82,99)(H,83,100)(H3,80,84,86,88,90,92)(H3,81,85,87,89,91,93). The lowest BCUT2D eigenvalue weighted by molar-refractivity contribution is 0.00689. The molecule has 2 heterocycles. The van der Waals surface area contributed by atoms with Gasteiger partial charge in [-0.05, 0) is 149 Å². The number of hydrogen-bond donors (Lipinski definition) is 13. The third kappa shape index (κ3) is 46.8. The van der Waals surface area contributed by atoms with E-state index in [-0.39, 0.29) is 100 Å². The average molecular weight is 1520 g/mol. The summed E-state index contributed by atoms with van der Waals surface area (Å²) in [4.78, 5) is 151. The molecule has 610 valence electrons. The highest BCUT2D eigenvalue weighted by atomic mass is 16.6. The SMILES string of the molecule is CCC(C)CC(C)(C)CCNC(=O)OC(COC(=O)NCCC(C)(C)CC(C)CNC(=O)OC(C)COC(=O)NCCC(C)(C)CC(C)CNC(=O)Nc1nc(C)cc(=O)[nH]1)COC(=O)NCCC(C)(C)CC(C)CNC(=O)OC(C)COC(=O)NCCC(C)(C)CC(C)CNC(=O)Nc1nc(C)cc(=O)[nH]1. The number of alkyl carbamates (subject to hydrolysis) is 7. The zero-order valence-corrected chi connectivity index (χ0v) is 67.5. The van der Waals surface area contributed by atoms with Crippen LogP contribution in [0.1, 0.15) is 207 Å². The molecule has 0 saturated heterocycles. The van der Waals surface area contributed by atoms with Gasteiger partial charge in [-0.25, -0.2) is 53.1 Å². The molecule has 0 radical (unpaired) electrons. The first kappa shape index (κ1) is 94.3. The molecule has 7 atom stereocenters. The molecule has 0 aliphatic carbocycles. The van der Waals surface area contributed by atoms with Crippen molar-refractivity contribution in [1.82, 2.24) is 67.8 Å². The van der Waals surface area contributed by atoms with E-state index in [0.29, 0.717) is 108 Å². The maximum Gasteiger partial charge on any atom is 0.407 e. The van der Waals surface area contributed by atoms with Gasteiger partial charge >= 0.3 is 54.7 Å². The lowest BCUT2D eigenvalue weighted by Crippen LogP contribution is -2.39. The van der Waals surface area contributed by atoms with Gasteiger partial charge in [0.25, 0.3) is 11.1 Å². The zero-order chi connectivity index (χ0) is 80.7. The third-order valence-corrected chi connectivity index (χ3v) is 17.8. The number of urea groups is 2. The van der Waals surface area contributed by atoms with Gasteiger partial charge in [-0.1, -0.05) is 117 Å². The first-order valence-corrected chi connectivity index (χ1v) is 37.5. The molecule has 13 N–H and O–H groups in total. The topological polar surface area (TPSA) is 442 Å². The van der Waals surface area contributed by atoms with E-state index in [1.165, 1.54) is 12.1 Å². The van der Waals surface area contributed by atoms with Crippen molar-refractivity contribution in [1.29, 1.82) is 0 Å². The average Bonchev–Trinajstić information content (AvgIpc) is 0.880. The Bertz CT molecular complexity index is 3030. The summed E-state index contributed by atoms with van der Waals surface area (Å²) in [6, 6.07) is 1.66. The van der Waals surface area contributed by atoms with E-state index in [1.54, 1.807) is 27.7 Å². The van der Waals surface area contributed by atoms with E-state index < -0.39 is 86.2 Å². The van der Waals surface area contributed by atoms with E-state index in [4.69, 9.17) is 33.2 Å². The number of aromatic amines is 2. The first-order chi connectivity index (χ1) is 49.8. The van der Waals surface area contributed by atoms with Crippen LogP contribution in [0.15, 0.2) is 21.7 Å². The van der Waals surface area contributed by atoms with Crippen LogP contribution in [0.4, 0.5) is 55.0 Å². The molecule has 0 aromatic carbocycles. The smallest absolute Gasteiger partial charge is 0.407 e. The van der Waals surface area contributed by atoms with E-state index in [0.717, 1.165) is 25.7 Å². The van der Waals surface area contributed by atoms with Crippen LogP contribution in [0.3, 0.4) is 0 Å². The highest BCUT2D eigenvalue weighted by molar-refractivity contribution is 5.87. The predicted molar refractivity (Wildman–Crippen MR) is 408 cm³/mol. The van der Waals surface area contributed by atoms with Crippen LogP contribution < -0.4 is 69.6 Å². The lowest BCUT2D eigenvalue weighted by Gasteiger charge is -2.28. The van der Waals surface area contributed by atoms with Crippen molar-refractivity contribution in [2.24, 2.45) is 56.7 Å². The molecule has 11 amide bonds. The normalized spacial score (nSPS) is 14.1. The van der Waals surface area contributed by atoms with Crippen molar-refractivity contribution in [3.63, 3.8) is 0 Å². The van der Waals surface area contributed by atoms with Gasteiger partial charge in [0.1, 0.15) is 38.6 Å². The number of hydrogen-bond acceptors (Lipinski definition) is 20. The minimum absolute atomic E-state index is 0.00322. The second kappa shape index (κ2) is 47.1. The molecule has 33 nitrogen and oxygen atoms in total. The van der Waals surface area contributed by atoms with Gasteiger partial charge in [0.05, 0.1) is 0 Å². The second-order valence-electron chi connectivity index (χ2n) is 32.9. The van der Waals surface area contributed by atoms with E-state index in [2.05, 4.69) is 134 Å². The molecule has 7 unspecified atom stereocenters. The summed E-state index contributed by atoms with van der Waals surface area (Å²) in [5, 5.41) is 29.9. The van der Waals surface area contributed by atoms with Crippen LogP contribution in [0.25, 0.3) is 0 Å². The monoisotopic (exact) mass is 1520 g/mol. The Morgan fingerprint density at radius 2 is 0.636 bits per heavy atom. The zero-order valence-electron chi connectivity index (χ0n) is 67.5.